The summed E-state index contributed by atoms with van der Waals surface area (Å²) in [6.45, 7) is 7.27. The van der Waals surface area contributed by atoms with Crippen molar-refractivity contribution < 1.29 is 0 Å². The van der Waals surface area contributed by atoms with Crippen LogP contribution in [0.2, 0.25) is 0 Å². The van der Waals surface area contributed by atoms with E-state index in [2.05, 4.69) is 20.8 Å². The lowest BCUT2D eigenvalue weighted by atomic mass is 9.75. The van der Waals surface area contributed by atoms with E-state index in [0.717, 1.165) is 17.8 Å². The fourth-order valence-electron chi connectivity index (χ4n) is 3.01. The van der Waals surface area contributed by atoms with Gasteiger partial charge in [-0.05, 0) is 48.9 Å². The Labute approximate surface area is 76.7 Å². The largest absolute Gasteiger partial charge is 0.0649 e. The van der Waals surface area contributed by atoms with Gasteiger partial charge in [0.2, 0.25) is 0 Å². The summed E-state index contributed by atoms with van der Waals surface area (Å²) >= 11 is 0. The lowest BCUT2D eigenvalue weighted by molar-refractivity contribution is 0.203. The molecule has 0 nitrogen and oxygen atoms in total. The fourth-order valence-corrected chi connectivity index (χ4v) is 3.01. The van der Waals surface area contributed by atoms with Gasteiger partial charge in [-0.25, -0.2) is 0 Å². The van der Waals surface area contributed by atoms with E-state index in [-0.39, 0.29) is 0 Å². The first-order valence-electron chi connectivity index (χ1n) is 5.63. The molecule has 0 amide bonds. The summed E-state index contributed by atoms with van der Waals surface area (Å²) in [4.78, 5) is 0. The van der Waals surface area contributed by atoms with Crippen LogP contribution in [-0.4, -0.2) is 0 Å². The van der Waals surface area contributed by atoms with Gasteiger partial charge in [-0.2, -0.15) is 0 Å². The molecule has 2 aliphatic carbocycles. The molecule has 0 N–H and O–H groups in total. The number of hydrogen-bond acceptors (Lipinski definition) is 0. The van der Waals surface area contributed by atoms with Gasteiger partial charge in [0.1, 0.15) is 0 Å². The molecule has 0 radical (unpaired) electrons. The molecular formula is C12H22. The van der Waals surface area contributed by atoms with Gasteiger partial charge in [0.05, 0.1) is 0 Å². The lowest BCUT2D eigenvalue weighted by Gasteiger charge is -2.30. The highest BCUT2D eigenvalue weighted by Gasteiger charge is 2.44. The summed E-state index contributed by atoms with van der Waals surface area (Å²) in [6, 6.07) is 0. The van der Waals surface area contributed by atoms with Crippen molar-refractivity contribution in [1.29, 1.82) is 0 Å². The summed E-state index contributed by atoms with van der Waals surface area (Å²) in [6.07, 6.45) is 7.54. The lowest BCUT2D eigenvalue weighted by Crippen LogP contribution is -2.20. The van der Waals surface area contributed by atoms with Crippen LogP contribution in [0.5, 0.6) is 0 Å². The van der Waals surface area contributed by atoms with Gasteiger partial charge < -0.3 is 0 Å². The zero-order valence-corrected chi connectivity index (χ0v) is 8.77. The van der Waals surface area contributed by atoms with Gasteiger partial charge in [-0.1, -0.05) is 27.2 Å². The quantitative estimate of drug-likeness (QED) is 0.584. The second-order valence-corrected chi connectivity index (χ2v) is 5.61. The molecule has 0 heterocycles. The first-order chi connectivity index (χ1) is 5.63. The second-order valence-electron chi connectivity index (χ2n) is 5.61. The number of fused-ring (bicyclic) bond motifs is 1. The van der Waals surface area contributed by atoms with Crippen LogP contribution in [0.1, 0.15) is 52.9 Å². The minimum atomic E-state index is 0.622. The van der Waals surface area contributed by atoms with Crippen LogP contribution in [0.4, 0.5) is 0 Å². The first kappa shape index (κ1) is 8.59. The van der Waals surface area contributed by atoms with E-state index in [1.54, 1.807) is 25.7 Å². The van der Waals surface area contributed by atoms with Crippen LogP contribution < -0.4 is 0 Å². The van der Waals surface area contributed by atoms with E-state index in [0.29, 0.717) is 5.41 Å². The molecule has 0 bridgehead atoms. The minimum Gasteiger partial charge on any atom is -0.0649 e. The van der Waals surface area contributed by atoms with Gasteiger partial charge >= 0.3 is 0 Å². The smallest absolute Gasteiger partial charge is 0.0328 e. The molecule has 0 aromatic rings. The van der Waals surface area contributed by atoms with Crippen LogP contribution in [0, 0.1) is 23.2 Å². The van der Waals surface area contributed by atoms with Crippen molar-refractivity contribution in [3.8, 4) is 0 Å². The van der Waals surface area contributed by atoms with Crippen molar-refractivity contribution in [3.05, 3.63) is 0 Å². The van der Waals surface area contributed by atoms with E-state index in [1.807, 2.05) is 0 Å². The van der Waals surface area contributed by atoms with Gasteiger partial charge in [-0.3, -0.25) is 0 Å². The van der Waals surface area contributed by atoms with E-state index in [1.165, 1.54) is 6.42 Å². The van der Waals surface area contributed by atoms with Crippen LogP contribution in [0.25, 0.3) is 0 Å². The van der Waals surface area contributed by atoms with Crippen LogP contribution in [0.15, 0.2) is 0 Å². The average molecular weight is 166 g/mol. The first-order valence-corrected chi connectivity index (χ1v) is 5.63. The molecule has 2 rings (SSSR count). The van der Waals surface area contributed by atoms with Crippen molar-refractivity contribution in [3.63, 3.8) is 0 Å². The number of rotatable bonds is 2. The Morgan fingerprint density at radius 3 is 1.92 bits per heavy atom. The highest BCUT2D eigenvalue weighted by Crippen LogP contribution is 2.54. The fraction of sp³-hybridized carbons (Fsp3) is 1.00. The highest BCUT2D eigenvalue weighted by atomic mass is 14.5. The third-order valence-electron chi connectivity index (χ3n) is 4.77. The summed E-state index contributed by atoms with van der Waals surface area (Å²) in [5, 5.41) is 0. The maximum Gasteiger partial charge on any atom is -0.0328 e. The third kappa shape index (κ3) is 1.20. The molecule has 2 aliphatic rings. The van der Waals surface area contributed by atoms with E-state index >= 15 is 0 Å². The Morgan fingerprint density at radius 1 is 1.08 bits per heavy atom. The van der Waals surface area contributed by atoms with Gasteiger partial charge in [0.25, 0.3) is 0 Å². The van der Waals surface area contributed by atoms with Crippen molar-refractivity contribution >= 4 is 0 Å². The van der Waals surface area contributed by atoms with Crippen molar-refractivity contribution in [1.82, 2.24) is 0 Å². The molecule has 0 aliphatic heterocycles. The molecule has 12 heavy (non-hydrogen) atoms. The predicted molar refractivity (Wildman–Crippen MR) is 53.0 cm³/mol. The molecule has 2 saturated carbocycles. The molecule has 0 aromatic heterocycles. The summed E-state index contributed by atoms with van der Waals surface area (Å²) < 4.78 is 0. The monoisotopic (exact) mass is 166 g/mol. The maximum atomic E-state index is 2.46. The maximum absolute atomic E-state index is 2.46. The molecule has 0 aromatic carbocycles. The zero-order valence-electron chi connectivity index (χ0n) is 8.77. The van der Waals surface area contributed by atoms with Gasteiger partial charge in [0.15, 0.2) is 0 Å². The summed E-state index contributed by atoms with van der Waals surface area (Å²) in [7, 11) is 0. The predicted octanol–water partition coefficient (Wildman–Crippen LogP) is 3.86. The van der Waals surface area contributed by atoms with Crippen LogP contribution in [-0.2, 0) is 0 Å². The number of hydrogen-bond donors (Lipinski definition) is 0. The molecule has 2 fully saturated rings. The average Bonchev–Trinajstić information content (AvgIpc) is 2.28. The summed E-state index contributed by atoms with van der Waals surface area (Å²) in [5.74, 6) is 3.32. The van der Waals surface area contributed by atoms with E-state index in [4.69, 9.17) is 0 Å². The molecule has 0 saturated heterocycles. The highest BCUT2D eigenvalue weighted by molar-refractivity contribution is 4.95. The molecule has 0 heteroatoms. The Kier molecular flexibility index (Phi) is 1.97. The van der Waals surface area contributed by atoms with Crippen molar-refractivity contribution in [2.75, 3.05) is 0 Å². The third-order valence-corrected chi connectivity index (χ3v) is 4.77. The molecule has 70 valence electrons. The topological polar surface area (TPSA) is 0 Å². The SMILES string of the molecule is CCC(C)(C)C1CC2CCC2C1. The van der Waals surface area contributed by atoms with E-state index < -0.39 is 0 Å². The van der Waals surface area contributed by atoms with Crippen molar-refractivity contribution in [2.45, 2.75) is 52.9 Å². The molecule has 0 spiro atoms. The van der Waals surface area contributed by atoms with Crippen molar-refractivity contribution in [2.24, 2.45) is 23.2 Å². The second kappa shape index (κ2) is 2.75. The molecular weight excluding hydrogens is 144 g/mol. The standard InChI is InChI=1S/C12H22/c1-4-12(2,3)11-7-9-5-6-10(9)8-11/h9-11H,4-8H2,1-3H3. The Hall–Kier alpha value is 0. The minimum absolute atomic E-state index is 0.622. The van der Waals surface area contributed by atoms with Gasteiger partial charge in [-0.15, -0.1) is 0 Å². The molecule has 2 atom stereocenters. The summed E-state index contributed by atoms with van der Waals surface area (Å²) in [5.41, 5.74) is 0.622. The van der Waals surface area contributed by atoms with Crippen LogP contribution in [0.3, 0.4) is 0 Å². The molecule has 2 unspecified atom stereocenters. The van der Waals surface area contributed by atoms with E-state index in [9.17, 15) is 0 Å². The van der Waals surface area contributed by atoms with Gasteiger partial charge in [0, 0.05) is 0 Å². The Balaban J connectivity index is 1.98. The Morgan fingerprint density at radius 2 is 1.58 bits per heavy atom. The normalized spacial score (nSPS) is 40.8. The van der Waals surface area contributed by atoms with Crippen LogP contribution >= 0.6 is 0 Å². The Bertz CT molecular complexity index is 157. The zero-order chi connectivity index (χ0) is 8.77.